The Morgan fingerprint density at radius 1 is 0.738 bits per heavy atom. The Balaban J connectivity index is 1.33. The number of hydrogen-bond donors (Lipinski definition) is 5. The molecule has 10 atom stereocenters. The molecule has 0 aliphatic heterocycles. The van der Waals surface area contributed by atoms with E-state index >= 15 is 0 Å². The van der Waals surface area contributed by atoms with Gasteiger partial charge in [0.25, 0.3) is 0 Å². The van der Waals surface area contributed by atoms with Crippen LogP contribution in [0.25, 0.3) is 0 Å². The van der Waals surface area contributed by atoms with Crippen LogP contribution in [-0.2, 0) is 0 Å². The number of fused-ring (bicyclic) bond motifs is 5. The summed E-state index contributed by atoms with van der Waals surface area (Å²) in [5.74, 6) is 5.85. The van der Waals surface area contributed by atoms with Crippen LogP contribution in [0.15, 0.2) is 0 Å². The largest absolute Gasteiger partial charge is 0.393 e. The van der Waals surface area contributed by atoms with Crippen LogP contribution in [0, 0.1) is 52.3 Å². The highest BCUT2D eigenvalue weighted by molar-refractivity contribution is 5.13. The first-order valence-corrected chi connectivity index (χ1v) is 18.7. The minimum Gasteiger partial charge on any atom is -0.393 e. The lowest BCUT2D eigenvalue weighted by molar-refractivity contribution is -0.142. The molecular formula is C37H72N4O. The molecule has 0 spiro atoms. The Hall–Kier alpha value is -0.200. The quantitative estimate of drug-likeness (QED) is 0.115. The average molecular weight is 589 g/mol. The topological polar surface area (TPSA) is 82.3 Å². The third-order valence-corrected chi connectivity index (χ3v) is 13.3. The zero-order chi connectivity index (χ0) is 30.2. The lowest BCUT2D eigenvalue weighted by Gasteiger charge is -2.63. The molecule has 0 radical (unpaired) electrons. The summed E-state index contributed by atoms with van der Waals surface area (Å²) in [7, 11) is 0. The van der Waals surface area contributed by atoms with E-state index in [1.54, 1.807) is 0 Å². The van der Waals surface area contributed by atoms with Crippen LogP contribution in [0.2, 0.25) is 0 Å². The molecule has 6 N–H and O–H groups in total. The highest BCUT2D eigenvalue weighted by Gasteiger charge is 2.62. The highest BCUT2D eigenvalue weighted by Crippen LogP contribution is 2.68. The number of aliphatic hydroxyl groups excluding tert-OH is 1. The molecule has 0 bridgehead atoms. The molecule has 0 amide bonds. The summed E-state index contributed by atoms with van der Waals surface area (Å²) < 4.78 is 0. The average Bonchev–Trinajstić information content (AvgIpc) is 3.31. The van der Waals surface area contributed by atoms with Crippen molar-refractivity contribution < 1.29 is 5.11 Å². The summed E-state index contributed by atoms with van der Waals surface area (Å²) in [5, 5.41) is 22.1. The van der Waals surface area contributed by atoms with Crippen molar-refractivity contribution in [2.45, 2.75) is 143 Å². The minimum absolute atomic E-state index is 0.0725. The van der Waals surface area contributed by atoms with Crippen molar-refractivity contribution in [3.8, 4) is 0 Å². The van der Waals surface area contributed by atoms with Gasteiger partial charge in [-0.3, -0.25) is 0 Å². The van der Waals surface area contributed by atoms with E-state index in [4.69, 9.17) is 5.73 Å². The van der Waals surface area contributed by atoms with E-state index in [-0.39, 0.29) is 6.10 Å². The van der Waals surface area contributed by atoms with Crippen LogP contribution in [-0.4, -0.2) is 56.5 Å². The van der Waals surface area contributed by atoms with Gasteiger partial charge >= 0.3 is 0 Å². The summed E-state index contributed by atoms with van der Waals surface area (Å²) >= 11 is 0. The fourth-order valence-electron chi connectivity index (χ4n) is 11.0. The van der Waals surface area contributed by atoms with Gasteiger partial charge in [0.2, 0.25) is 0 Å². The molecule has 246 valence electrons. The summed E-state index contributed by atoms with van der Waals surface area (Å²) in [5.41, 5.74) is 6.53. The second-order valence-electron chi connectivity index (χ2n) is 16.5. The number of nitrogens with one attached hydrogen (secondary N) is 3. The first-order chi connectivity index (χ1) is 20.2. The maximum atomic E-state index is 10.7. The first-order valence-electron chi connectivity index (χ1n) is 18.7. The molecule has 0 heterocycles. The Labute approximate surface area is 261 Å². The molecule has 4 saturated carbocycles. The molecule has 0 aromatic heterocycles. The minimum atomic E-state index is -0.0725. The van der Waals surface area contributed by atoms with E-state index in [2.05, 4.69) is 50.6 Å². The van der Waals surface area contributed by atoms with Crippen LogP contribution in [0.4, 0.5) is 0 Å². The molecule has 4 aliphatic carbocycles. The van der Waals surface area contributed by atoms with Crippen LogP contribution < -0.4 is 21.7 Å². The number of nitrogens with two attached hydrogens (primary N) is 1. The Morgan fingerprint density at radius 3 is 2.12 bits per heavy atom. The monoisotopic (exact) mass is 589 g/mol. The number of aliphatic hydroxyl groups is 1. The van der Waals surface area contributed by atoms with Gasteiger partial charge in [-0.2, -0.15) is 0 Å². The molecule has 42 heavy (non-hydrogen) atoms. The highest BCUT2D eigenvalue weighted by atomic mass is 16.3. The summed E-state index contributed by atoms with van der Waals surface area (Å²) in [6.45, 7) is 19.1. The predicted octanol–water partition coefficient (Wildman–Crippen LogP) is 6.74. The van der Waals surface area contributed by atoms with Crippen molar-refractivity contribution in [2.24, 2.45) is 58.0 Å². The van der Waals surface area contributed by atoms with Crippen molar-refractivity contribution in [2.75, 3.05) is 39.3 Å². The molecule has 5 heteroatoms. The van der Waals surface area contributed by atoms with Crippen molar-refractivity contribution in [1.29, 1.82) is 0 Å². The molecule has 0 saturated heterocycles. The standard InChI is InChI=1S/C37H72N4O/c1-27(2)11-8-12-28(3)31-13-14-32-35-33(16-18-37(31,32)5)36(4)17-15-30(42)25-29(36)26-34(35)41-24-10-23-40-21-7-6-20-39-22-9-19-38/h27-35,39-42H,6-26,38H2,1-5H3/t28-,29-,30+,31-,32+,33+,34+,35+,36+,37-/m1/s1. The van der Waals surface area contributed by atoms with Crippen molar-refractivity contribution in [3.05, 3.63) is 0 Å². The lowest BCUT2D eigenvalue weighted by atomic mass is 9.43. The normalized spacial score (nSPS) is 38.7. The van der Waals surface area contributed by atoms with Gasteiger partial charge in [-0.1, -0.05) is 53.9 Å². The Kier molecular flexibility index (Phi) is 13.5. The number of rotatable bonds is 18. The molecule has 4 rings (SSSR count). The summed E-state index contributed by atoms with van der Waals surface area (Å²) in [4.78, 5) is 0. The van der Waals surface area contributed by atoms with E-state index in [1.807, 2.05) is 0 Å². The lowest BCUT2D eigenvalue weighted by Crippen LogP contribution is -2.61. The fraction of sp³-hybridized carbons (Fsp3) is 1.00. The van der Waals surface area contributed by atoms with Crippen molar-refractivity contribution in [3.63, 3.8) is 0 Å². The SMILES string of the molecule is CC(C)CCC[C@@H](C)[C@H]1CC[C@H]2[C@@H]3[C@@H](NCCCNCCCCNCCCN)C[C@H]4C[C@@H](O)CC[C@]4(C)[C@H]3CC[C@]12C. The first kappa shape index (κ1) is 34.7. The van der Waals surface area contributed by atoms with Crippen molar-refractivity contribution >= 4 is 0 Å². The van der Waals surface area contributed by atoms with E-state index in [0.717, 1.165) is 94.0 Å². The molecule has 0 unspecified atom stereocenters. The van der Waals surface area contributed by atoms with Crippen LogP contribution >= 0.6 is 0 Å². The van der Waals surface area contributed by atoms with Crippen LogP contribution in [0.1, 0.15) is 131 Å². The zero-order valence-corrected chi connectivity index (χ0v) is 28.6. The van der Waals surface area contributed by atoms with Gasteiger partial charge in [0.1, 0.15) is 0 Å². The molecular weight excluding hydrogens is 516 g/mol. The van der Waals surface area contributed by atoms with Gasteiger partial charge in [0.15, 0.2) is 0 Å². The van der Waals surface area contributed by atoms with E-state index in [0.29, 0.717) is 22.8 Å². The predicted molar refractivity (Wildman–Crippen MR) is 180 cm³/mol. The van der Waals surface area contributed by atoms with Gasteiger partial charge in [0, 0.05) is 6.04 Å². The number of hydrogen-bond acceptors (Lipinski definition) is 5. The molecule has 5 nitrogen and oxygen atoms in total. The fourth-order valence-corrected chi connectivity index (χ4v) is 11.0. The molecule has 0 aromatic rings. The Bertz CT molecular complexity index is 777. The van der Waals surface area contributed by atoms with Gasteiger partial charge in [-0.25, -0.2) is 0 Å². The van der Waals surface area contributed by atoms with E-state index < -0.39 is 0 Å². The smallest absolute Gasteiger partial charge is 0.0543 e. The van der Waals surface area contributed by atoms with Crippen molar-refractivity contribution in [1.82, 2.24) is 16.0 Å². The maximum absolute atomic E-state index is 10.7. The van der Waals surface area contributed by atoms with Gasteiger partial charge in [0.05, 0.1) is 6.10 Å². The second kappa shape index (κ2) is 16.4. The zero-order valence-electron chi connectivity index (χ0n) is 28.6. The van der Waals surface area contributed by atoms with Crippen LogP contribution in [0.3, 0.4) is 0 Å². The maximum Gasteiger partial charge on any atom is 0.0543 e. The molecule has 4 fully saturated rings. The van der Waals surface area contributed by atoms with Gasteiger partial charge in [-0.15, -0.1) is 0 Å². The second-order valence-corrected chi connectivity index (χ2v) is 16.5. The molecule has 0 aromatic carbocycles. The summed E-state index contributed by atoms with van der Waals surface area (Å²) in [6, 6.07) is 0.637. The van der Waals surface area contributed by atoms with E-state index in [9.17, 15) is 5.11 Å². The third kappa shape index (κ3) is 8.33. The number of unbranched alkanes of at least 4 members (excludes halogenated alkanes) is 1. The van der Waals surface area contributed by atoms with Gasteiger partial charge in [-0.05, 0) is 169 Å². The third-order valence-electron chi connectivity index (χ3n) is 13.3. The molecule has 4 aliphatic rings. The Morgan fingerprint density at radius 2 is 1.40 bits per heavy atom. The van der Waals surface area contributed by atoms with Crippen LogP contribution in [0.5, 0.6) is 0 Å². The van der Waals surface area contributed by atoms with Gasteiger partial charge < -0.3 is 26.8 Å². The summed E-state index contributed by atoms with van der Waals surface area (Å²) in [6.07, 6.45) is 19.3. The van der Waals surface area contributed by atoms with E-state index in [1.165, 1.54) is 77.0 Å².